The summed E-state index contributed by atoms with van der Waals surface area (Å²) in [6.45, 7) is 6.85. The van der Waals surface area contributed by atoms with Crippen molar-refractivity contribution in [3.63, 3.8) is 0 Å². The summed E-state index contributed by atoms with van der Waals surface area (Å²) >= 11 is 0. The van der Waals surface area contributed by atoms with Crippen molar-refractivity contribution in [3.8, 4) is 0 Å². The number of carboxylic acid groups (broad SMARTS) is 2. The monoisotopic (exact) mass is 403 g/mol. The van der Waals surface area contributed by atoms with Gasteiger partial charge in [-0.1, -0.05) is 43.7 Å². The molecule has 158 valence electrons. The highest BCUT2D eigenvalue weighted by Gasteiger charge is 2.20. The third-order valence-electron chi connectivity index (χ3n) is 4.58. The largest absolute Gasteiger partial charge is 0.480 e. The fraction of sp³-hybridized carbons (Fsp3) is 0.409. The van der Waals surface area contributed by atoms with Gasteiger partial charge in [-0.15, -0.1) is 0 Å². The SMILES string of the molecule is CC(=CC(C)CC(C)c1ccc(C)cc1C=CC(=O)O)C(=O)NC(CO)C(=O)O. The van der Waals surface area contributed by atoms with Crippen LogP contribution in [0.25, 0.3) is 6.08 Å². The van der Waals surface area contributed by atoms with Crippen molar-refractivity contribution in [1.29, 1.82) is 0 Å². The predicted octanol–water partition coefficient (Wildman–Crippen LogP) is 2.73. The molecule has 0 fully saturated rings. The highest BCUT2D eigenvalue weighted by molar-refractivity contribution is 5.95. The van der Waals surface area contributed by atoms with Gasteiger partial charge in [-0.05, 0) is 49.3 Å². The number of carbonyl (C=O) groups is 3. The van der Waals surface area contributed by atoms with Crippen LogP contribution in [0, 0.1) is 12.8 Å². The molecule has 0 saturated heterocycles. The van der Waals surface area contributed by atoms with Crippen LogP contribution in [-0.4, -0.2) is 45.8 Å². The summed E-state index contributed by atoms with van der Waals surface area (Å²) in [5.41, 5.74) is 3.27. The summed E-state index contributed by atoms with van der Waals surface area (Å²) in [7, 11) is 0. The summed E-state index contributed by atoms with van der Waals surface area (Å²) in [5, 5.41) is 29.1. The van der Waals surface area contributed by atoms with Crippen LogP contribution in [0.2, 0.25) is 0 Å². The first-order chi connectivity index (χ1) is 13.5. The first-order valence-corrected chi connectivity index (χ1v) is 9.39. The summed E-state index contributed by atoms with van der Waals surface area (Å²) in [5.74, 6) is -2.71. The Labute approximate surface area is 170 Å². The number of nitrogens with one attached hydrogen (secondary N) is 1. The second-order valence-electron chi connectivity index (χ2n) is 7.31. The van der Waals surface area contributed by atoms with Crippen LogP contribution in [0.1, 0.15) is 49.8 Å². The van der Waals surface area contributed by atoms with E-state index in [1.54, 1.807) is 19.1 Å². The minimum atomic E-state index is -1.34. The number of carbonyl (C=O) groups excluding carboxylic acids is 1. The van der Waals surface area contributed by atoms with Crippen molar-refractivity contribution in [1.82, 2.24) is 5.32 Å². The topological polar surface area (TPSA) is 124 Å². The second-order valence-corrected chi connectivity index (χ2v) is 7.31. The van der Waals surface area contributed by atoms with Crippen molar-refractivity contribution >= 4 is 23.9 Å². The van der Waals surface area contributed by atoms with Gasteiger partial charge in [0.25, 0.3) is 0 Å². The lowest BCUT2D eigenvalue weighted by Gasteiger charge is -2.19. The van der Waals surface area contributed by atoms with Crippen LogP contribution >= 0.6 is 0 Å². The molecule has 0 aliphatic rings. The molecule has 4 N–H and O–H groups in total. The van der Waals surface area contributed by atoms with E-state index in [9.17, 15) is 14.4 Å². The van der Waals surface area contributed by atoms with Crippen molar-refractivity contribution in [2.45, 2.75) is 46.1 Å². The number of benzene rings is 1. The Balaban J connectivity index is 2.90. The number of aliphatic hydroxyl groups is 1. The van der Waals surface area contributed by atoms with E-state index in [4.69, 9.17) is 15.3 Å². The Hall–Kier alpha value is -2.93. The van der Waals surface area contributed by atoms with E-state index in [1.165, 1.54) is 0 Å². The molecule has 1 rings (SSSR count). The lowest BCUT2D eigenvalue weighted by atomic mass is 9.87. The molecule has 0 bridgehead atoms. The lowest BCUT2D eigenvalue weighted by molar-refractivity contribution is -0.142. The van der Waals surface area contributed by atoms with E-state index in [1.807, 2.05) is 39.0 Å². The van der Waals surface area contributed by atoms with Gasteiger partial charge in [0.15, 0.2) is 6.04 Å². The maximum atomic E-state index is 12.1. The minimum Gasteiger partial charge on any atom is -0.480 e. The molecule has 1 aromatic rings. The number of allylic oxidation sites excluding steroid dienone is 1. The smallest absolute Gasteiger partial charge is 0.328 e. The molecule has 0 aliphatic carbocycles. The standard InChI is InChI=1S/C22H29NO6/c1-13-5-7-18(17(11-13)6-8-20(25)26)15(3)9-14(2)10-16(4)21(27)23-19(12-24)22(28)29/h5-8,10-11,14-15,19,24H,9,12H2,1-4H3,(H,23,27)(H,25,26)(H,28,29). The van der Waals surface area contributed by atoms with Crippen LogP contribution in [0.4, 0.5) is 0 Å². The zero-order valence-electron chi connectivity index (χ0n) is 17.2. The number of amides is 1. The molecule has 0 spiro atoms. The minimum absolute atomic E-state index is 0.0192. The van der Waals surface area contributed by atoms with Crippen LogP contribution in [0.3, 0.4) is 0 Å². The Morgan fingerprint density at radius 1 is 1.17 bits per heavy atom. The number of rotatable bonds is 10. The second kappa shape index (κ2) is 11.2. The highest BCUT2D eigenvalue weighted by Crippen LogP contribution is 2.29. The van der Waals surface area contributed by atoms with Crippen molar-refractivity contribution < 1.29 is 29.7 Å². The number of hydrogen-bond acceptors (Lipinski definition) is 4. The van der Waals surface area contributed by atoms with E-state index >= 15 is 0 Å². The molecule has 0 saturated carbocycles. The molecule has 29 heavy (non-hydrogen) atoms. The van der Waals surface area contributed by atoms with Crippen molar-refractivity contribution in [2.24, 2.45) is 5.92 Å². The number of carboxylic acids is 2. The van der Waals surface area contributed by atoms with Gasteiger partial charge >= 0.3 is 11.9 Å². The summed E-state index contributed by atoms with van der Waals surface area (Å²) < 4.78 is 0. The average molecular weight is 403 g/mol. The molecule has 1 amide bonds. The molecule has 3 unspecified atom stereocenters. The van der Waals surface area contributed by atoms with Crippen LogP contribution in [-0.2, 0) is 14.4 Å². The third kappa shape index (κ3) is 7.91. The number of aryl methyl sites for hydroxylation is 1. The molecule has 0 radical (unpaired) electrons. The Morgan fingerprint density at radius 3 is 2.38 bits per heavy atom. The van der Waals surface area contributed by atoms with Crippen LogP contribution < -0.4 is 5.32 Å². The quantitative estimate of drug-likeness (QED) is 0.445. The fourth-order valence-electron chi connectivity index (χ4n) is 3.16. The zero-order valence-corrected chi connectivity index (χ0v) is 17.2. The van der Waals surface area contributed by atoms with E-state index in [0.717, 1.165) is 22.8 Å². The molecule has 3 atom stereocenters. The Morgan fingerprint density at radius 2 is 1.83 bits per heavy atom. The Bertz CT molecular complexity index is 812. The Kier molecular flexibility index (Phi) is 9.28. The van der Waals surface area contributed by atoms with Crippen molar-refractivity contribution in [2.75, 3.05) is 6.61 Å². The maximum Gasteiger partial charge on any atom is 0.328 e. The summed E-state index contributed by atoms with van der Waals surface area (Å²) in [6.07, 6.45) is 5.18. The third-order valence-corrected chi connectivity index (χ3v) is 4.58. The number of hydrogen-bond donors (Lipinski definition) is 4. The summed E-state index contributed by atoms with van der Waals surface area (Å²) in [4.78, 5) is 33.9. The van der Waals surface area contributed by atoms with Gasteiger partial charge in [0.2, 0.25) is 5.91 Å². The molecular formula is C22H29NO6. The molecule has 7 heteroatoms. The first kappa shape index (κ1) is 24.1. The molecule has 0 heterocycles. The van der Waals surface area contributed by atoms with Gasteiger partial charge in [0, 0.05) is 11.6 Å². The number of aliphatic hydroxyl groups excluding tert-OH is 1. The lowest BCUT2D eigenvalue weighted by Crippen LogP contribution is -2.43. The van der Waals surface area contributed by atoms with E-state index in [0.29, 0.717) is 12.0 Å². The average Bonchev–Trinajstić information content (AvgIpc) is 2.63. The fourth-order valence-corrected chi connectivity index (χ4v) is 3.16. The van der Waals surface area contributed by atoms with E-state index in [-0.39, 0.29) is 11.8 Å². The summed E-state index contributed by atoms with van der Waals surface area (Å²) in [6, 6.07) is 4.56. The molecule has 1 aromatic carbocycles. The van der Waals surface area contributed by atoms with Gasteiger partial charge in [-0.3, -0.25) is 4.79 Å². The maximum absolute atomic E-state index is 12.1. The number of aliphatic carboxylic acids is 2. The van der Waals surface area contributed by atoms with E-state index in [2.05, 4.69) is 5.32 Å². The van der Waals surface area contributed by atoms with Crippen LogP contribution in [0.5, 0.6) is 0 Å². The molecular weight excluding hydrogens is 374 g/mol. The first-order valence-electron chi connectivity index (χ1n) is 9.39. The van der Waals surface area contributed by atoms with Crippen LogP contribution in [0.15, 0.2) is 35.9 Å². The normalized spacial score (nSPS) is 15.0. The van der Waals surface area contributed by atoms with Crippen molar-refractivity contribution in [3.05, 3.63) is 52.6 Å². The van der Waals surface area contributed by atoms with E-state index < -0.39 is 30.5 Å². The van der Waals surface area contributed by atoms with Gasteiger partial charge in [-0.25, -0.2) is 9.59 Å². The van der Waals surface area contributed by atoms with Gasteiger partial charge in [0.05, 0.1) is 6.61 Å². The van der Waals surface area contributed by atoms with Gasteiger partial charge in [-0.2, -0.15) is 0 Å². The molecule has 0 aromatic heterocycles. The van der Waals surface area contributed by atoms with Gasteiger partial charge < -0.3 is 20.6 Å². The molecule has 0 aliphatic heterocycles. The molecule has 7 nitrogen and oxygen atoms in total. The van der Waals surface area contributed by atoms with Gasteiger partial charge in [0.1, 0.15) is 0 Å². The zero-order chi connectivity index (χ0) is 22.1. The predicted molar refractivity (Wildman–Crippen MR) is 110 cm³/mol. The highest BCUT2D eigenvalue weighted by atomic mass is 16.4.